The van der Waals surface area contributed by atoms with Crippen molar-refractivity contribution < 1.29 is 13.5 Å². The number of aliphatic hydroxyl groups is 1. The number of hydrogen-bond acceptors (Lipinski definition) is 4. The second-order valence-corrected chi connectivity index (χ2v) is 9.93. The van der Waals surface area contributed by atoms with E-state index in [9.17, 15) is 13.5 Å². The van der Waals surface area contributed by atoms with E-state index in [1.54, 1.807) is 0 Å². The first kappa shape index (κ1) is 17.2. The molecule has 0 aromatic carbocycles. The number of rotatable bonds is 4. The Morgan fingerprint density at radius 3 is 2.19 bits per heavy atom. The Kier molecular flexibility index (Phi) is 4.77. The first-order valence-electron chi connectivity index (χ1n) is 8.27. The van der Waals surface area contributed by atoms with Crippen LogP contribution in [0.2, 0.25) is 0 Å². The fraction of sp³-hybridized carbons (Fsp3) is 1.00. The highest BCUT2D eigenvalue weighted by atomic mass is 32.2. The smallest absolute Gasteiger partial charge is 0.153 e. The zero-order valence-electron chi connectivity index (χ0n) is 13.6. The molecule has 4 nitrogen and oxygen atoms in total. The average Bonchev–Trinajstić information content (AvgIpc) is 2.82. The van der Waals surface area contributed by atoms with Crippen molar-refractivity contribution in [2.45, 2.75) is 69.6 Å². The minimum atomic E-state index is -3.24. The first-order valence-corrected chi connectivity index (χ1v) is 10.2. The van der Waals surface area contributed by atoms with Crippen molar-refractivity contribution >= 4 is 9.84 Å². The van der Waals surface area contributed by atoms with Crippen LogP contribution in [0.5, 0.6) is 0 Å². The van der Waals surface area contributed by atoms with E-state index < -0.39 is 26.1 Å². The Hall–Kier alpha value is -0.130. The summed E-state index contributed by atoms with van der Waals surface area (Å²) in [4.78, 5) is 0. The lowest BCUT2D eigenvalue weighted by atomic mass is 9.59. The highest BCUT2D eigenvalue weighted by molar-refractivity contribution is 7.91. The summed E-state index contributed by atoms with van der Waals surface area (Å²) in [5.74, 6) is 1.32. The van der Waals surface area contributed by atoms with Crippen LogP contribution in [0.3, 0.4) is 0 Å². The van der Waals surface area contributed by atoms with Crippen LogP contribution in [0.4, 0.5) is 0 Å². The van der Waals surface area contributed by atoms with Gasteiger partial charge in [-0.25, -0.2) is 8.42 Å². The van der Waals surface area contributed by atoms with Gasteiger partial charge >= 0.3 is 0 Å². The maximum Gasteiger partial charge on any atom is 0.153 e. The quantitative estimate of drug-likeness (QED) is 0.832. The Balaban J connectivity index is 2.28. The average molecular weight is 317 g/mol. The van der Waals surface area contributed by atoms with Crippen LogP contribution < -0.4 is 5.73 Å². The molecule has 2 rings (SSSR count). The van der Waals surface area contributed by atoms with E-state index in [2.05, 4.69) is 13.8 Å². The molecule has 124 valence electrons. The largest absolute Gasteiger partial charge is 0.388 e. The minimum absolute atomic E-state index is 0.389. The van der Waals surface area contributed by atoms with Gasteiger partial charge in [-0.05, 0) is 56.8 Å². The molecule has 0 aliphatic heterocycles. The molecule has 21 heavy (non-hydrogen) atoms. The lowest BCUT2D eigenvalue weighted by Crippen LogP contribution is -2.60. The molecule has 0 radical (unpaired) electrons. The van der Waals surface area contributed by atoms with E-state index in [1.807, 2.05) is 0 Å². The molecular weight excluding hydrogens is 286 g/mol. The molecule has 0 heterocycles. The van der Waals surface area contributed by atoms with Crippen molar-refractivity contribution in [3.05, 3.63) is 0 Å². The van der Waals surface area contributed by atoms with Gasteiger partial charge < -0.3 is 10.8 Å². The van der Waals surface area contributed by atoms with Crippen molar-refractivity contribution in [3.8, 4) is 0 Å². The summed E-state index contributed by atoms with van der Waals surface area (Å²) in [6.45, 7) is 4.87. The van der Waals surface area contributed by atoms with E-state index in [-0.39, 0.29) is 0 Å². The number of nitrogens with two attached hydrogens (primary N) is 1. The van der Waals surface area contributed by atoms with Crippen LogP contribution in [0.15, 0.2) is 0 Å². The number of sulfone groups is 1. The van der Waals surface area contributed by atoms with E-state index in [1.165, 1.54) is 6.26 Å². The molecule has 2 unspecified atom stereocenters. The second-order valence-electron chi connectivity index (χ2n) is 7.70. The summed E-state index contributed by atoms with van der Waals surface area (Å²) in [5, 5.41) is 10.7. The lowest BCUT2D eigenvalue weighted by Gasteiger charge is -2.51. The summed E-state index contributed by atoms with van der Waals surface area (Å²) < 4.78 is 24.2. The van der Waals surface area contributed by atoms with Crippen LogP contribution in [0, 0.1) is 17.3 Å². The topological polar surface area (TPSA) is 80.4 Å². The fourth-order valence-corrected chi connectivity index (χ4v) is 6.48. The fourth-order valence-electron chi connectivity index (χ4n) is 4.80. The van der Waals surface area contributed by atoms with Crippen LogP contribution in [0.1, 0.15) is 58.8 Å². The van der Waals surface area contributed by atoms with Crippen molar-refractivity contribution in [2.75, 3.05) is 12.8 Å². The second kappa shape index (κ2) is 5.82. The summed E-state index contributed by atoms with van der Waals surface area (Å²) in [6.07, 6.45) is 7.01. The molecule has 5 heteroatoms. The molecule has 0 aromatic rings. The Labute approximate surface area is 129 Å². The Morgan fingerprint density at radius 1 is 1.19 bits per heavy atom. The van der Waals surface area contributed by atoms with Crippen LogP contribution >= 0.6 is 0 Å². The predicted octanol–water partition coefficient (Wildman–Crippen LogP) is 2.11. The summed E-state index contributed by atoms with van der Waals surface area (Å²) >= 11 is 0. The molecular formula is C16H31NO3S. The summed E-state index contributed by atoms with van der Waals surface area (Å²) in [7, 11) is -3.24. The maximum atomic E-state index is 12.1. The predicted molar refractivity (Wildman–Crippen MR) is 85.7 cm³/mol. The van der Waals surface area contributed by atoms with E-state index in [0.29, 0.717) is 31.2 Å². The van der Waals surface area contributed by atoms with Crippen molar-refractivity contribution in [1.82, 2.24) is 0 Å². The van der Waals surface area contributed by atoms with E-state index in [0.717, 1.165) is 32.1 Å². The Morgan fingerprint density at radius 2 is 1.76 bits per heavy atom. The lowest BCUT2D eigenvalue weighted by molar-refractivity contribution is -0.0995. The van der Waals surface area contributed by atoms with Gasteiger partial charge in [0, 0.05) is 18.2 Å². The molecule has 0 saturated heterocycles. The monoisotopic (exact) mass is 317 g/mol. The third-order valence-corrected chi connectivity index (χ3v) is 7.97. The van der Waals surface area contributed by atoms with Gasteiger partial charge in [0.15, 0.2) is 9.84 Å². The zero-order chi connectivity index (χ0) is 15.9. The normalized spacial score (nSPS) is 41.6. The van der Waals surface area contributed by atoms with Crippen molar-refractivity contribution in [2.24, 2.45) is 23.0 Å². The molecule has 2 saturated carbocycles. The van der Waals surface area contributed by atoms with Gasteiger partial charge in [-0.15, -0.1) is 0 Å². The molecule has 2 aliphatic rings. The SMILES string of the molecule is CC(C)C1CCC(CN)(C2(O)CCCC2S(C)(=O)=O)CC1. The standard InChI is InChI=1S/C16H31NO3S/c1-12(2)13-6-9-15(11-17,10-7-13)16(18)8-4-5-14(16)21(3,19)20/h12-14,18H,4-11,17H2,1-3H3. The molecule has 2 fully saturated rings. The third kappa shape index (κ3) is 2.89. The molecule has 0 amide bonds. The molecule has 2 aliphatic carbocycles. The maximum absolute atomic E-state index is 12.1. The van der Waals surface area contributed by atoms with Gasteiger partial charge in [-0.2, -0.15) is 0 Å². The number of hydrogen-bond donors (Lipinski definition) is 2. The van der Waals surface area contributed by atoms with Gasteiger partial charge in [0.1, 0.15) is 0 Å². The van der Waals surface area contributed by atoms with Crippen LogP contribution in [0.25, 0.3) is 0 Å². The van der Waals surface area contributed by atoms with Crippen LogP contribution in [-0.2, 0) is 9.84 Å². The highest BCUT2D eigenvalue weighted by Gasteiger charge is 2.59. The molecule has 0 aromatic heterocycles. The van der Waals surface area contributed by atoms with Crippen LogP contribution in [-0.4, -0.2) is 37.2 Å². The third-order valence-electron chi connectivity index (χ3n) is 6.31. The first-order chi connectivity index (χ1) is 9.66. The molecule has 0 spiro atoms. The molecule has 3 N–H and O–H groups in total. The van der Waals surface area contributed by atoms with Gasteiger partial charge in [0.2, 0.25) is 0 Å². The van der Waals surface area contributed by atoms with Crippen molar-refractivity contribution in [3.63, 3.8) is 0 Å². The van der Waals surface area contributed by atoms with Gasteiger partial charge in [0.05, 0.1) is 10.9 Å². The minimum Gasteiger partial charge on any atom is -0.388 e. The Bertz CT molecular complexity index is 466. The highest BCUT2D eigenvalue weighted by Crippen LogP contribution is 2.54. The molecule has 0 bridgehead atoms. The van der Waals surface area contributed by atoms with Gasteiger partial charge in [-0.1, -0.05) is 13.8 Å². The molecule has 2 atom stereocenters. The van der Waals surface area contributed by atoms with E-state index in [4.69, 9.17) is 5.73 Å². The van der Waals surface area contributed by atoms with Crippen molar-refractivity contribution in [1.29, 1.82) is 0 Å². The van der Waals surface area contributed by atoms with Gasteiger partial charge in [-0.3, -0.25) is 0 Å². The zero-order valence-corrected chi connectivity index (χ0v) is 14.5. The van der Waals surface area contributed by atoms with E-state index >= 15 is 0 Å². The van der Waals surface area contributed by atoms with Gasteiger partial charge in [0.25, 0.3) is 0 Å². The summed E-state index contributed by atoms with van der Waals surface area (Å²) in [5.41, 5.74) is 4.53. The summed E-state index contributed by atoms with van der Waals surface area (Å²) in [6, 6.07) is 0.